The summed E-state index contributed by atoms with van der Waals surface area (Å²) in [4.78, 5) is 11.7. The topological polar surface area (TPSA) is 64.3 Å². The Labute approximate surface area is 106 Å². The monoisotopic (exact) mass is 254 g/mol. The van der Waals surface area contributed by atoms with Crippen molar-refractivity contribution < 1.29 is 13.9 Å². The van der Waals surface area contributed by atoms with Crippen LogP contribution in [0.1, 0.15) is 24.2 Å². The van der Waals surface area contributed by atoms with E-state index in [1.54, 1.807) is 0 Å². The fourth-order valence-corrected chi connectivity index (χ4v) is 1.36. The number of rotatable bonds is 5. The summed E-state index contributed by atoms with van der Waals surface area (Å²) in [7, 11) is 1.37. The van der Waals surface area contributed by atoms with E-state index >= 15 is 0 Å². The molecule has 0 aliphatic rings. The highest BCUT2D eigenvalue weighted by atomic mass is 19.1. The molecule has 0 spiro atoms. The number of nitrogens with one attached hydrogen (secondary N) is 1. The maximum atomic E-state index is 13.4. The van der Waals surface area contributed by atoms with Gasteiger partial charge in [-0.15, -0.1) is 0 Å². The zero-order valence-electron chi connectivity index (χ0n) is 10.9. The minimum absolute atomic E-state index is 0.114. The van der Waals surface area contributed by atoms with Crippen LogP contribution in [0.25, 0.3) is 0 Å². The van der Waals surface area contributed by atoms with Crippen molar-refractivity contribution in [3.63, 3.8) is 0 Å². The molecule has 1 rings (SSSR count). The lowest BCUT2D eigenvalue weighted by atomic mass is 10.1. The fraction of sp³-hybridized carbons (Fsp3) is 0.462. The third-order valence-electron chi connectivity index (χ3n) is 2.77. The van der Waals surface area contributed by atoms with Crippen LogP contribution in [0.15, 0.2) is 18.2 Å². The Kier molecular flexibility index (Phi) is 5.09. The highest BCUT2D eigenvalue weighted by molar-refractivity contribution is 5.94. The molecule has 4 nitrogen and oxygen atoms in total. The van der Waals surface area contributed by atoms with Crippen LogP contribution >= 0.6 is 0 Å². The van der Waals surface area contributed by atoms with Gasteiger partial charge >= 0.3 is 0 Å². The zero-order valence-corrected chi connectivity index (χ0v) is 10.9. The Morgan fingerprint density at radius 1 is 1.50 bits per heavy atom. The molecule has 0 heterocycles. The maximum Gasteiger partial charge on any atom is 0.251 e. The maximum absolute atomic E-state index is 13.4. The molecule has 0 fully saturated rings. The van der Waals surface area contributed by atoms with Crippen molar-refractivity contribution in [1.29, 1.82) is 0 Å². The number of nitrogens with two attached hydrogens (primary N) is 1. The van der Waals surface area contributed by atoms with Crippen LogP contribution in [-0.4, -0.2) is 25.6 Å². The first kappa shape index (κ1) is 14.4. The minimum Gasteiger partial charge on any atom is -0.494 e. The van der Waals surface area contributed by atoms with E-state index in [-0.39, 0.29) is 29.2 Å². The lowest BCUT2D eigenvalue weighted by Gasteiger charge is -2.16. The van der Waals surface area contributed by atoms with E-state index in [9.17, 15) is 9.18 Å². The van der Waals surface area contributed by atoms with Crippen LogP contribution in [0.4, 0.5) is 4.39 Å². The summed E-state index contributed by atoms with van der Waals surface area (Å²) in [6.07, 6.45) is 0. The minimum atomic E-state index is -0.557. The molecule has 100 valence electrons. The van der Waals surface area contributed by atoms with Crippen LogP contribution < -0.4 is 15.8 Å². The van der Waals surface area contributed by atoms with Gasteiger partial charge in [0.1, 0.15) is 0 Å². The van der Waals surface area contributed by atoms with E-state index in [4.69, 9.17) is 10.5 Å². The highest BCUT2D eigenvalue weighted by Gasteiger charge is 2.12. The third kappa shape index (κ3) is 3.70. The van der Waals surface area contributed by atoms with Gasteiger partial charge in [0.15, 0.2) is 11.6 Å². The van der Waals surface area contributed by atoms with Gasteiger partial charge in [0.05, 0.1) is 7.11 Å². The SMILES string of the molecule is COc1ccc(C(=O)NCC(N)C(C)C)cc1F. The lowest BCUT2D eigenvalue weighted by Crippen LogP contribution is -2.40. The number of carbonyl (C=O) groups excluding carboxylic acids is 1. The molecule has 0 saturated heterocycles. The molecule has 0 aliphatic carbocycles. The molecule has 0 bridgehead atoms. The largest absolute Gasteiger partial charge is 0.494 e. The van der Waals surface area contributed by atoms with Crippen LogP contribution in [-0.2, 0) is 0 Å². The van der Waals surface area contributed by atoms with Gasteiger partial charge < -0.3 is 15.8 Å². The lowest BCUT2D eigenvalue weighted by molar-refractivity contribution is 0.0948. The smallest absolute Gasteiger partial charge is 0.251 e. The average Bonchev–Trinajstić information content (AvgIpc) is 2.35. The predicted molar refractivity (Wildman–Crippen MR) is 68.1 cm³/mol. The Bertz CT molecular complexity index is 421. The van der Waals surface area contributed by atoms with Crippen molar-refractivity contribution in [2.45, 2.75) is 19.9 Å². The molecule has 1 amide bonds. The Balaban J connectivity index is 2.65. The second-order valence-electron chi connectivity index (χ2n) is 4.47. The first-order chi connectivity index (χ1) is 8.45. The number of ether oxygens (including phenoxy) is 1. The first-order valence-electron chi connectivity index (χ1n) is 5.83. The van der Waals surface area contributed by atoms with Crippen LogP contribution in [0, 0.1) is 11.7 Å². The number of hydrogen-bond donors (Lipinski definition) is 2. The van der Waals surface area contributed by atoms with Gasteiger partial charge in [-0.2, -0.15) is 0 Å². The number of methoxy groups -OCH3 is 1. The van der Waals surface area contributed by atoms with Crippen molar-refractivity contribution in [1.82, 2.24) is 5.32 Å². The van der Waals surface area contributed by atoms with Gasteiger partial charge in [-0.05, 0) is 24.1 Å². The molecular formula is C13H19FN2O2. The molecule has 0 aliphatic heterocycles. The highest BCUT2D eigenvalue weighted by Crippen LogP contribution is 2.17. The molecule has 1 unspecified atom stereocenters. The third-order valence-corrected chi connectivity index (χ3v) is 2.77. The van der Waals surface area contributed by atoms with E-state index in [1.165, 1.54) is 19.2 Å². The van der Waals surface area contributed by atoms with E-state index in [2.05, 4.69) is 5.32 Å². The molecule has 0 aromatic heterocycles. The Morgan fingerprint density at radius 2 is 2.17 bits per heavy atom. The van der Waals surface area contributed by atoms with Gasteiger partial charge in [0, 0.05) is 18.2 Å². The summed E-state index contributed by atoms with van der Waals surface area (Å²) >= 11 is 0. The number of benzene rings is 1. The Hall–Kier alpha value is -1.62. The zero-order chi connectivity index (χ0) is 13.7. The molecule has 3 N–H and O–H groups in total. The molecule has 1 aromatic carbocycles. The van der Waals surface area contributed by atoms with Crippen molar-refractivity contribution in [3.05, 3.63) is 29.6 Å². The molecule has 18 heavy (non-hydrogen) atoms. The normalized spacial score (nSPS) is 12.3. The standard InChI is InChI=1S/C13H19FN2O2/c1-8(2)11(15)7-16-13(17)9-4-5-12(18-3)10(14)6-9/h4-6,8,11H,7,15H2,1-3H3,(H,16,17). The van der Waals surface area contributed by atoms with Crippen molar-refractivity contribution in [2.24, 2.45) is 11.7 Å². The van der Waals surface area contributed by atoms with Crippen LogP contribution in [0.3, 0.4) is 0 Å². The summed E-state index contributed by atoms with van der Waals surface area (Å²) in [6, 6.07) is 3.97. The van der Waals surface area contributed by atoms with Crippen molar-refractivity contribution in [2.75, 3.05) is 13.7 Å². The van der Waals surface area contributed by atoms with Crippen LogP contribution in [0.2, 0.25) is 0 Å². The van der Waals surface area contributed by atoms with Crippen molar-refractivity contribution in [3.8, 4) is 5.75 Å². The summed E-state index contributed by atoms with van der Waals surface area (Å²) in [5.41, 5.74) is 6.06. The van der Waals surface area contributed by atoms with E-state index in [1.807, 2.05) is 13.8 Å². The molecule has 0 saturated carbocycles. The summed E-state index contributed by atoms with van der Waals surface area (Å²) < 4.78 is 18.2. The number of halogens is 1. The van der Waals surface area contributed by atoms with Crippen LogP contribution in [0.5, 0.6) is 5.75 Å². The van der Waals surface area contributed by atoms with Crippen molar-refractivity contribution >= 4 is 5.91 Å². The van der Waals surface area contributed by atoms with Gasteiger partial charge in [-0.3, -0.25) is 4.79 Å². The molecule has 0 radical (unpaired) electrons. The molecule has 1 atom stereocenters. The van der Waals surface area contributed by atoms with Gasteiger partial charge in [-0.25, -0.2) is 4.39 Å². The number of hydrogen-bond acceptors (Lipinski definition) is 3. The quantitative estimate of drug-likeness (QED) is 0.838. The molecule has 1 aromatic rings. The first-order valence-corrected chi connectivity index (χ1v) is 5.83. The van der Waals surface area contributed by atoms with Gasteiger partial charge in [-0.1, -0.05) is 13.8 Å². The summed E-state index contributed by atoms with van der Waals surface area (Å²) in [5.74, 6) is -0.505. The van der Waals surface area contributed by atoms with E-state index in [0.29, 0.717) is 6.54 Å². The second-order valence-corrected chi connectivity index (χ2v) is 4.47. The molecular weight excluding hydrogens is 235 g/mol. The van der Waals surface area contributed by atoms with E-state index < -0.39 is 5.82 Å². The van der Waals surface area contributed by atoms with E-state index in [0.717, 1.165) is 6.07 Å². The summed E-state index contributed by atoms with van der Waals surface area (Å²) in [5, 5.41) is 2.67. The van der Waals surface area contributed by atoms with Gasteiger partial charge in [0.25, 0.3) is 5.91 Å². The number of carbonyl (C=O) groups is 1. The molecule has 5 heteroatoms. The Morgan fingerprint density at radius 3 is 2.67 bits per heavy atom. The fourth-order valence-electron chi connectivity index (χ4n) is 1.36. The van der Waals surface area contributed by atoms with Gasteiger partial charge in [0.2, 0.25) is 0 Å². The summed E-state index contributed by atoms with van der Waals surface area (Å²) in [6.45, 7) is 4.32. The predicted octanol–water partition coefficient (Wildman–Crippen LogP) is 1.55. The average molecular weight is 254 g/mol. The number of amides is 1. The second kappa shape index (κ2) is 6.35.